The van der Waals surface area contributed by atoms with Crippen LogP contribution in [0.15, 0.2) is 42.5 Å². The van der Waals surface area contributed by atoms with Gasteiger partial charge in [-0.2, -0.15) is 4.39 Å². The predicted octanol–water partition coefficient (Wildman–Crippen LogP) is 3.84. The van der Waals surface area contributed by atoms with Crippen molar-refractivity contribution in [2.75, 3.05) is 29.9 Å². The Balaban J connectivity index is 1.49. The van der Waals surface area contributed by atoms with Crippen LogP contribution in [-0.2, 0) is 9.59 Å². The molecule has 35 heavy (non-hydrogen) atoms. The van der Waals surface area contributed by atoms with Crippen LogP contribution in [0.25, 0.3) is 0 Å². The van der Waals surface area contributed by atoms with Crippen molar-refractivity contribution in [2.24, 2.45) is 17.8 Å². The summed E-state index contributed by atoms with van der Waals surface area (Å²) < 4.78 is 13.7. The van der Waals surface area contributed by atoms with Crippen LogP contribution in [0, 0.1) is 33.7 Å². The molecular weight excluding hydrogens is 455 g/mol. The number of carbonyl (C=O) groups excluding carboxylic acids is 3. The number of halogens is 1. The Labute approximate surface area is 202 Å². The summed E-state index contributed by atoms with van der Waals surface area (Å²) in [5.41, 5.74) is 0.175. The zero-order valence-electron chi connectivity index (χ0n) is 19.6. The monoisotopic (exact) mass is 482 g/mol. The fraction of sp³-hybridized carbons (Fsp3) is 0.400. The van der Waals surface area contributed by atoms with E-state index in [4.69, 9.17) is 0 Å². The van der Waals surface area contributed by atoms with Gasteiger partial charge in [0.25, 0.3) is 5.91 Å². The van der Waals surface area contributed by atoms with E-state index < -0.39 is 34.2 Å². The number of para-hydroxylation sites is 1. The number of carbonyl (C=O) groups is 3. The molecule has 9 nitrogen and oxygen atoms in total. The van der Waals surface area contributed by atoms with Crippen LogP contribution in [0.4, 0.5) is 21.5 Å². The number of likely N-dealkylation sites (tertiary alicyclic amines) is 1. The van der Waals surface area contributed by atoms with E-state index >= 15 is 0 Å². The number of anilines is 2. The lowest BCUT2D eigenvalue weighted by Crippen LogP contribution is -2.42. The molecule has 1 N–H and O–H groups in total. The van der Waals surface area contributed by atoms with E-state index in [9.17, 15) is 28.9 Å². The Kier molecular flexibility index (Phi) is 6.81. The van der Waals surface area contributed by atoms with E-state index in [0.717, 1.165) is 18.6 Å². The second kappa shape index (κ2) is 9.81. The quantitative estimate of drug-likeness (QED) is 0.514. The summed E-state index contributed by atoms with van der Waals surface area (Å²) in [5.74, 6) is -1.93. The summed E-state index contributed by atoms with van der Waals surface area (Å²) in [6.07, 6.45) is 0.958. The number of nitro benzene ring substituents is 1. The zero-order valence-corrected chi connectivity index (χ0v) is 19.6. The van der Waals surface area contributed by atoms with Gasteiger partial charge in [0.15, 0.2) is 0 Å². The molecule has 0 spiro atoms. The first-order valence-electron chi connectivity index (χ1n) is 11.6. The first kappa shape index (κ1) is 24.3. The molecule has 0 bridgehead atoms. The Morgan fingerprint density at radius 1 is 1.09 bits per heavy atom. The van der Waals surface area contributed by atoms with Gasteiger partial charge in [-0.1, -0.05) is 26.0 Å². The van der Waals surface area contributed by atoms with E-state index in [0.29, 0.717) is 36.2 Å². The summed E-state index contributed by atoms with van der Waals surface area (Å²) in [6.45, 7) is 5.53. The van der Waals surface area contributed by atoms with E-state index in [1.54, 1.807) is 24.3 Å². The van der Waals surface area contributed by atoms with Crippen LogP contribution < -0.4 is 10.2 Å². The van der Waals surface area contributed by atoms with Gasteiger partial charge in [-0.3, -0.25) is 24.5 Å². The second-order valence-corrected chi connectivity index (χ2v) is 9.49. The second-order valence-electron chi connectivity index (χ2n) is 9.49. The van der Waals surface area contributed by atoms with E-state index in [2.05, 4.69) is 19.2 Å². The lowest BCUT2D eigenvalue weighted by Gasteiger charge is -2.35. The maximum Gasteiger partial charge on any atom is 0.306 e. The summed E-state index contributed by atoms with van der Waals surface area (Å²) in [4.78, 5) is 52.1. The van der Waals surface area contributed by atoms with Gasteiger partial charge in [0.05, 0.1) is 27.8 Å². The molecule has 184 valence electrons. The Morgan fingerprint density at radius 3 is 2.46 bits per heavy atom. The van der Waals surface area contributed by atoms with Crippen molar-refractivity contribution in [1.82, 2.24) is 4.90 Å². The van der Waals surface area contributed by atoms with Crippen LogP contribution >= 0.6 is 0 Å². The number of benzene rings is 2. The average molecular weight is 483 g/mol. The van der Waals surface area contributed by atoms with Gasteiger partial charge in [0, 0.05) is 32.1 Å². The minimum absolute atomic E-state index is 0.00921. The molecule has 3 amide bonds. The van der Waals surface area contributed by atoms with Crippen molar-refractivity contribution in [3.63, 3.8) is 0 Å². The van der Waals surface area contributed by atoms with Gasteiger partial charge in [0.1, 0.15) is 0 Å². The molecule has 0 aromatic heterocycles. The van der Waals surface area contributed by atoms with Crippen LogP contribution in [-0.4, -0.2) is 47.2 Å². The number of nitro groups is 1. The first-order chi connectivity index (χ1) is 16.6. The molecule has 2 aromatic carbocycles. The number of rotatable bonds is 5. The Hall–Kier alpha value is -3.82. The lowest BCUT2D eigenvalue weighted by molar-refractivity contribution is -0.387. The molecule has 4 rings (SSSR count). The highest BCUT2D eigenvalue weighted by Crippen LogP contribution is 2.31. The molecule has 2 aliphatic rings. The zero-order chi connectivity index (χ0) is 25.3. The third kappa shape index (κ3) is 5.16. The van der Waals surface area contributed by atoms with Gasteiger partial charge >= 0.3 is 5.69 Å². The topological polar surface area (TPSA) is 113 Å². The maximum absolute atomic E-state index is 13.7. The molecule has 2 aliphatic heterocycles. The molecule has 2 heterocycles. The fourth-order valence-corrected chi connectivity index (χ4v) is 4.95. The van der Waals surface area contributed by atoms with Crippen molar-refractivity contribution in [3.05, 3.63) is 64.0 Å². The Bertz CT molecular complexity index is 1180. The standard InChI is InChI=1S/C25H27FN4O5/c1-15-9-16(2)13-28(12-15)25(33)19-5-3-4-6-21(19)27-24(32)17-10-23(31)29(14-17)18-7-8-20(26)22(11-18)30(34)35/h3-8,11,15-17H,9-10,12-14H2,1-2H3,(H,27,32). The molecule has 3 atom stereocenters. The molecular formula is C25H27FN4O5. The molecule has 0 radical (unpaired) electrons. The van der Waals surface area contributed by atoms with E-state index in [1.165, 1.54) is 11.0 Å². The van der Waals surface area contributed by atoms with Crippen molar-refractivity contribution >= 4 is 34.8 Å². The normalized spacial score (nSPS) is 22.3. The van der Waals surface area contributed by atoms with Gasteiger partial charge in [-0.05, 0) is 42.5 Å². The highest BCUT2D eigenvalue weighted by Gasteiger charge is 2.36. The van der Waals surface area contributed by atoms with Crippen LogP contribution in [0.2, 0.25) is 0 Å². The number of hydrogen-bond donors (Lipinski definition) is 1. The summed E-state index contributed by atoms with van der Waals surface area (Å²) in [5, 5.41) is 13.8. The van der Waals surface area contributed by atoms with Gasteiger partial charge in [0.2, 0.25) is 17.6 Å². The number of piperidine rings is 1. The largest absolute Gasteiger partial charge is 0.338 e. The van der Waals surface area contributed by atoms with E-state index in [1.807, 2.05) is 4.90 Å². The number of nitrogens with zero attached hydrogens (tertiary/aromatic N) is 3. The minimum atomic E-state index is -1.00. The lowest BCUT2D eigenvalue weighted by atomic mass is 9.91. The van der Waals surface area contributed by atoms with Crippen LogP contribution in [0.1, 0.15) is 37.0 Å². The molecule has 2 fully saturated rings. The third-order valence-electron chi connectivity index (χ3n) is 6.51. The third-order valence-corrected chi connectivity index (χ3v) is 6.51. The first-order valence-corrected chi connectivity index (χ1v) is 11.6. The van der Waals surface area contributed by atoms with Gasteiger partial charge < -0.3 is 15.1 Å². The fourth-order valence-electron chi connectivity index (χ4n) is 4.95. The van der Waals surface area contributed by atoms with Crippen molar-refractivity contribution in [3.8, 4) is 0 Å². The highest BCUT2D eigenvalue weighted by molar-refractivity contribution is 6.07. The summed E-state index contributed by atoms with van der Waals surface area (Å²) in [7, 11) is 0. The molecule has 0 aliphatic carbocycles. The molecule has 3 unspecified atom stereocenters. The summed E-state index contributed by atoms with van der Waals surface area (Å²) in [6, 6.07) is 9.97. The van der Waals surface area contributed by atoms with Gasteiger partial charge in [-0.15, -0.1) is 0 Å². The number of amides is 3. The van der Waals surface area contributed by atoms with Crippen molar-refractivity contribution in [2.45, 2.75) is 26.7 Å². The Morgan fingerprint density at radius 2 is 1.77 bits per heavy atom. The average Bonchev–Trinajstić information content (AvgIpc) is 3.20. The predicted molar refractivity (Wildman–Crippen MR) is 127 cm³/mol. The highest BCUT2D eigenvalue weighted by atomic mass is 19.1. The molecule has 2 aromatic rings. The molecule has 10 heteroatoms. The maximum atomic E-state index is 13.7. The minimum Gasteiger partial charge on any atom is -0.338 e. The van der Waals surface area contributed by atoms with Crippen LogP contribution in [0.5, 0.6) is 0 Å². The number of nitrogens with one attached hydrogen (secondary N) is 1. The molecule has 2 saturated heterocycles. The molecule has 0 saturated carbocycles. The van der Waals surface area contributed by atoms with Gasteiger partial charge in [-0.25, -0.2) is 0 Å². The summed E-state index contributed by atoms with van der Waals surface area (Å²) >= 11 is 0. The SMILES string of the molecule is CC1CC(C)CN(C(=O)c2ccccc2NC(=O)C2CC(=O)N(c3ccc(F)c([N+](=O)[O-])c3)C2)C1. The van der Waals surface area contributed by atoms with E-state index in [-0.39, 0.29) is 24.6 Å². The van der Waals surface area contributed by atoms with Crippen molar-refractivity contribution in [1.29, 1.82) is 0 Å². The smallest absolute Gasteiger partial charge is 0.306 e. The number of hydrogen-bond acceptors (Lipinski definition) is 5. The van der Waals surface area contributed by atoms with Crippen molar-refractivity contribution < 1.29 is 23.7 Å². The van der Waals surface area contributed by atoms with Crippen LogP contribution in [0.3, 0.4) is 0 Å².